The van der Waals surface area contributed by atoms with E-state index < -0.39 is 14.1 Å². The van der Waals surface area contributed by atoms with Crippen molar-refractivity contribution in [3.63, 3.8) is 0 Å². The molecule has 3 aliphatic rings. The Labute approximate surface area is 347 Å². The van der Waals surface area contributed by atoms with Crippen molar-refractivity contribution in [2.75, 3.05) is 6.61 Å². The van der Waals surface area contributed by atoms with Crippen molar-refractivity contribution in [2.45, 2.75) is 117 Å². The Bertz CT molecular complexity index is 2120. The lowest BCUT2D eigenvalue weighted by Crippen LogP contribution is -2.67. The van der Waals surface area contributed by atoms with Crippen molar-refractivity contribution in [1.29, 1.82) is 0 Å². The molecule has 0 saturated heterocycles. The fraction of sp³-hybridized carbons (Fsp3) is 0.400. The predicted molar refractivity (Wildman–Crippen MR) is 237 cm³/mol. The van der Waals surface area contributed by atoms with Crippen LogP contribution in [0.15, 0.2) is 155 Å². The molecule has 7 rings (SSSR count). The van der Waals surface area contributed by atoms with Crippen molar-refractivity contribution in [2.24, 2.45) is 5.92 Å². The molecule has 3 aromatic carbocycles. The van der Waals surface area contributed by atoms with Crippen molar-refractivity contribution < 1.29 is 18.6 Å². The highest BCUT2D eigenvalue weighted by Crippen LogP contribution is 2.45. The lowest BCUT2D eigenvalue weighted by molar-refractivity contribution is -0.227. The van der Waals surface area contributed by atoms with Gasteiger partial charge in [0.05, 0.1) is 43.4 Å². The van der Waals surface area contributed by atoms with E-state index in [1.807, 2.05) is 36.5 Å². The van der Waals surface area contributed by atoms with Crippen molar-refractivity contribution >= 4 is 18.7 Å². The first kappa shape index (κ1) is 41.7. The summed E-state index contributed by atoms with van der Waals surface area (Å²) in [4.78, 5) is 0. The number of ether oxygens (including phenoxy) is 3. The van der Waals surface area contributed by atoms with Crippen LogP contribution in [0.25, 0.3) is 5.69 Å². The van der Waals surface area contributed by atoms with Gasteiger partial charge >= 0.3 is 0 Å². The molecule has 0 bridgehead atoms. The average molecular weight is 796 g/mol. The zero-order chi connectivity index (χ0) is 40.9. The highest BCUT2D eigenvalue weighted by atomic mass is 28.4. The molecule has 58 heavy (non-hydrogen) atoms. The molecule has 0 radical (unpaired) electrons. The van der Waals surface area contributed by atoms with Crippen LogP contribution in [0.1, 0.15) is 86.8 Å². The first-order chi connectivity index (χ1) is 27.8. The number of rotatable bonds is 13. The van der Waals surface area contributed by atoms with Crippen LogP contribution in [0.4, 0.5) is 0 Å². The third-order valence-electron chi connectivity index (χ3n) is 11.7. The molecule has 0 N–H and O–H groups in total. The molecule has 4 aromatic rings. The molecule has 7 nitrogen and oxygen atoms in total. The summed E-state index contributed by atoms with van der Waals surface area (Å²) in [6.07, 6.45) is 16.4. The summed E-state index contributed by atoms with van der Waals surface area (Å²) in [5.41, 5.74) is 8.02. The van der Waals surface area contributed by atoms with Gasteiger partial charge in [-0.05, 0) is 111 Å². The SMILES string of the molecule is CC(C)=CCCC(C)=C[C@@H]1CC(C)=C[C@]2(C=C(CO[Si](c3ccccc3)(c3ccccc3)C(C)(C)C)[C@H]3CC(OCc4cn(-c5ccccc5)nn4)C(C)=C[C@H]3O2)O1. The third kappa shape index (κ3) is 9.38. The number of hydrogen-bond donors (Lipinski definition) is 0. The maximum absolute atomic E-state index is 7.65. The monoisotopic (exact) mass is 795 g/mol. The summed E-state index contributed by atoms with van der Waals surface area (Å²) in [7, 11) is -2.85. The number of nitrogens with zero attached hydrogens (tertiary/aromatic N) is 3. The van der Waals surface area contributed by atoms with Gasteiger partial charge in [0, 0.05) is 5.92 Å². The maximum atomic E-state index is 7.65. The van der Waals surface area contributed by atoms with E-state index >= 15 is 0 Å². The summed E-state index contributed by atoms with van der Waals surface area (Å²) < 4.78 is 30.3. The van der Waals surface area contributed by atoms with Gasteiger partial charge in [0.1, 0.15) is 5.69 Å². The molecule has 304 valence electrons. The molecule has 2 aliphatic heterocycles. The van der Waals surface area contributed by atoms with Crippen LogP contribution in [0.5, 0.6) is 0 Å². The molecule has 5 atom stereocenters. The maximum Gasteiger partial charge on any atom is 0.261 e. The highest BCUT2D eigenvalue weighted by molar-refractivity contribution is 6.99. The minimum Gasteiger partial charge on any atom is -0.403 e. The summed E-state index contributed by atoms with van der Waals surface area (Å²) in [5, 5.41) is 11.2. The number of allylic oxidation sites excluding steroid dienone is 3. The second kappa shape index (κ2) is 17.8. The van der Waals surface area contributed by atoms with Gasteiger partial charge in [0.25, 0.3) is 8.32 Å². The number of fused-ring (bicyclic) bond motifs is 1. The van der Waals surface area contributed by atoms with E-state index in [0.29, 0.717) is 13.2 Å². The van der Waals surface area contributed by atoms with Gasteiger partial charge in [-0.15, -0.1) is 5.10 Å². The molecule has 0 amide bonds. The van der Waals surface area contributed by atoms with Crippen LogP contribution in [-0.4, -0.2) is 54.0 Å². The fourth-order valence-electron chi connectivity index (χ4n) is 8.93. The van der Waals surface area contributed by atoms with Gasteiger partial charge < -0.3 is 18.6 Å². The van der Waals surface area contributed by atoms with E-state index in [-0.39, 0.29) is 29.3 Å². The first-order valence-electron chi connectivity index (χ1n) is 20.9. The minimum absolute atomic E-state index is 0.0246. The van der Waals surface area contributed by atoms with Gasteiger partial charge in [-0.3, -0.25) is 0 Å². The first-order valence-corrected chi connectivity index (χ1v) is 22.8. The molecular weight excluding hydrogens is 735 g/mol. The fourth-order valence-corrected chi connectivity index (χ4v) is 13.5. The van der Waals surface area contributed by atoms with Gasteiger partial charge in [0.15, 0.2) is 0 Å². The molecule has 8 heteroatoms. The number of aromatic nitrogens is 3. The molecule has 3 heterocycles. The van der Waals surface area contributed by atoms with Crippen LogP contribution < -0.4 is 10.4 Å². The predicted octanol–water partition coefficient (Wildman–Crippen LogP) is 10.1. The normalized spacial score (nSPS) is 23.8. The number of hydrogen-bond acceptors (Lipinski definition) is 6. The Morgan fingerprint density at radius 3 is 2.17 bits per heavy atom. The lowest BCUT2D eigenvalue weighted by Gasteiger charge is -2.48. The smallest absolute Gasteiger partial charge is 0.261 e. The van der Waals surface area contributed by atoms with E-state index in [1.54, 1.807) is 4.68 Å². The van der Waals surface area contributed by atoms with Crippen LogP contribution in [0.2, 0.25) is 5.04 Å². The van der Waals surface area contributed by atoms with E-state index in [4.69, 9.17) is 18.6 Å². The zero-order valence-corrected chi connectivity index (χ0v) is 36.7. The topological polar surface area (TPSA) is 67.6 Å². The Morgan fingerprint density at radius 2 is 1.53 bits per heavy atom. The molecule has 1 aliphatic carbocycles. The summed E-state index contributed by atoms with van der Waals surface area (Å²) >= 11 is 0. The van der Waals surface area contributed by atoms with Crippen molar-refractivity contribution in [3.8, 4) is 5.69 Å². The second-order valence-corrected chi connectivity index (χ2v) is 22.0. The second-order valence-electron chi connectivity index (χ2n) is 17.7. The number of benzene rings is 3. The Kier molecular flexibility index (Phi) is 12.8. The van der Waals surface area contributed by atoms with Crippen LogP contribution >= 0.6 is 0 Å². The summed E-state index contributed by atoms with van der Waals surface area (Å²) in [5.74, 6) is -0.994. The molecular formula is C50H61N3O4Si. The van der Waals surface area contributed by atoms with E-state index in [0.717, 1.165) is 42.6 Å². The van der Waals surface area contributed by atoms with Crippen LogP contribution in [0.3, 0.4) is 0 Å². The van der Waals surface area contributed by atoms with Gasteiger partial charge in [0.2, 0.25) is 5.79 Å². The van der Waals surface area contributed by atoms with Crippen molar-refractivity contribution in [1.82, 2.24) is 15.0 Å². The van der Waals surface area contributed by atoms with Crippen LogP contribution in [0, 0.1) is 5.92 Å². The number of para-hydroxylation sites is 1. The van der Waals surface area contributed by atoms with E-state index in [1.165, 1.54) is 32.7 Å². The lowest BCUT2D eigenvalue weighted by atomic mass is 9.78. The average Bonchev–Trinajstić information content (AvgIpc) is 3.67. The molecule has 1 unspecified atom stereocenters. The van der Waals surface area contributed by atoms with Gasteiger partial charge in [-0.2, -0.15) is 0 Å². The Balaban J connectivity index is 1.22. The zero-order valence-electron chi connectivity index (χ0n) is 35.7. The standard InChI is InChI=1S/C50H61N3O4Si/c1-36(2)19-18-20-37(3)27-43-28-38(4)31-50(56-43)32-40(34-55-58(49(6,7)8,44-23-14-10-15-24-44)45-25-16-11-17-26-45)46-30-47(39(5)29-48(46)57-50)54-35-41-33-53(52-51-41)42-21-12-9-13-22-42/h9-17,19,21-27,29,31-33,43,46-48H,18,20,28,30,34-35H2,1-8H3/t43-,46-,47?,48-,50+/m1/s1. The molecule has 0 saturated carbocycles. The third-order valence-corrected chi connectivity index (χ3v) is 16.7. The van der Waals surface area contributed by atoms with Gasteiger partial charge in [-0.1, -0.05) is 140 Å². The van der Waals surface area contributed by atoms with Crippen molar-refractivity contribution in [3.05, 3.63) is 161 Å². The Hall–Kier alpha value is -4.44. The van der Waals surface area contributed by atoms with E-state index in [2.05, 4.69) is 157 Å². The van der Waals surface area contributed by atoms with E-state index in [9.17, 15) is 0 Å². The van der Waals surface area contributed by atoms with Crippen LogP contribution in [-0.2, 0) is 25.2 Å². The minimum atomic E-state index is -2.85. The Morgan fingerprint density at radius 1 is 0.879 bits per heavy atom. The summed E-state index contributed by atoms with van der Waals surface area (Å²) in [6.45, 7) is 18.7. The van der Waals surface area contributed by atoms with Gasteiger partial charge in [-0.25, -0.2) is 4.68 Å². The highest BCUT2D eigenvalue weighted by Gasteiger charge is 2.52. The molecule has 1 aromatic heterocycles. The largest absolute Gasteiger partial charge is 0.403 e. The quantitative estimate of drug-likeness (QED) is 0.0992. The molecule has 0 fully saturated rings. The molecule has 1 spiro atoms. The summed E-state index contributed by atoms with van der Waals surface area (Å²) in [6, 6.07) is 31.8.